The predicted molar refractivity (Wildman–Crippen MR) is 95.0 cm³/mol. The van der Waals surface area contributed by atoms with Crippen LogP contribution in [-0.4, -0.2) is 32.3 Å². The molecule has 0 unspecified atom stereocenters. The van der Waals surface area contributed by atoms with Crippen LogP contribution in [0.3, 0.4) is 0 Å². The van der Waals surface area contributed by atoms with Crippen molar-refractivity contribution in [1.82, 2.24) is 5.32 Å². The first kappa shape index (κ1) is 18.2. The van der Waals surface area contributed by atoms with Crippen LogP contribution in [0.15, 0.2) is 42.5 Å². The maximum Gasteiger partial charge on any atom is 0.255 e. The molecule has 3 rings (SSSR count). The van der Waals surface area contributed by atoms with Crippen molar-refractivity contribution in [2.75, 3.05) is 20.3 Å². The van der Waals surface area contributed by atoms with Gasteiger partial charge in [0.1, 0.15) is 23.9 Å². The van der Waals surface area contributed by atoms with Crippen molar-refractivity contribution >= 4 is 5.91 Å². The lowest BCUT2D eigenvalue weighted by Gasteiger charge is -2.12. The Morgan fingerprint density at radius 1 is 1.27 bits per heavy atom. The van der Waals surface area contributed by atoms with Crippen LogP contribution in [-0.2, 0) is 11.3 Å². The summed E-state index contributed by atoms with van der Waals surface area (Å²) in [5.41, 5.74) is 1.09. The number of carbonyl (C=O) groups is 1. The zero-order valence-electron chi connectivity index (χ0n) is 14.7. The van der Waals surface area contributed by atoms with Gasteiger partial charge in [-0.15, -0.1) is 0 Å². The highest BCUT2D eigenvalue weighted by atomic mass is 19.1. The van der Waals surface area contributed by atoms with Crippen molar-refractivity contribution in [1.29, 1.82) is 0 Å². The molecule has 138 valence electrons. The van der Waals surface area contributed by atoms with Gasteiger partial charge in [0.2, 0.25) is 0 Å². The molecule has 26 heavy (non-hydrogen) atoms. The molecule has 0 aromatic heterocycles. The van der Waals surface area contributed by atoms with E-state index in [0.29, 0.717) is 18.9 Å². The minimum Gasteiger partial charge on any atom is -0.496 e. The summed E-state index contributed by atoms with van der Waals surface area (Å²) < 4.78 is 29.7. The van der Waals surface area contributed by atoms with Gasteiger partial charge < -0.3 is 19.5 Å². The molecule has 2 aromatic rings. The number of halogens is 1. The van der Waals surface area contributed by atoms with E-state index >= 15 is 0 Å². The smallest absolute Gasteiger partial charge is 0.255 e. The van der Waals surface area contributed by atoms with Gasteiger partial charge in [-0.2, -0.15) is 0 Å². The molecule has 1 aliphatic heterocycles. The third-order valence-corrected chi connectivity index (χ3v) is 4.24. The standard InChI is InChI=1S/C20H22FNO4/c1-24-19-9-6-15(21)11-18(19)20(23)22-12-14-4-7-16(8-5-14)26-13-17-3-2-10-25-17/h4-9,11,17H,2-3,10,12-13H2,1H3,(H,22,23)/t17-/m0/s1. The van der Waals surface area contributed by atoms with E-state index in [1.165, 1.54) is 19.2 Å². The van der Waals surface area contributed by atoms with Gasteiger partial charge in [-0.05, 0) is 48.7 Å². The van der Waals surface area contributed by atoms with Crippen molar-refractivity contribution in [2.24, 2.45) is 0 Å². The highest BCUT2D eigenvalue weighted by Crippen LogP contribution is 2.20. The molecule has 1 atom stereocenters. The van der Waals surface area contributed by atoms with Crippen molar-refractivity contribution in [3.05, 3.63) is 59.4 Å². The molecule has 1 saturated heterocycles. The fourth-order valence-corrected chi connectivity index (χ4v) is 2.80. The zero-order chi connectivity index (χ0) is 18.4. The quantitative estimate of drug-likeness (QED) is 0.824. The molecule has 5 nitrogen and oxygen atoms in total. The lowest BCUT2D eigenvalue weighted by molar-refractivity contribution is 0.0679. The Hall–Kier alpha value is -2.60. The second kappa shape index (κ2) is 8.67. The minimum atomic E-state index is -0.483. The first-order valence-electron chi connectivity index (χ1n) is 8.61. The van der Waals surface area contributed by atoms with Crippen LogP contribution in [0, 0.1) is 5.82 Å². The lowest BCUT2D eigenvalue weighted by atomic mass is 10.1. The van der Waals surface area contributed by atoms with E-state index in [1.807, 2.05) is 24.3 Å². The summed E-state index contributed by atoms with van der Waals surface area (Å²) in [7, 11) is 1.44. The summed E-state index contributed by atoms with van der Waals surface area (Å²) in [6.07, 6.45) is 2.30. The van der Waals surface area contributed by atoms with Crippen LogP contribution in [0.5, 0.6) is 11.5 Å². The summed E-state index contributed by atoms with van der Waals surface area (Å²) in [4.78, 5) is 12.3. The average molecular weight is 359 g/mol. The van der Waals surface area contributed by atoms with Gasteiger partial charge in [0.05, 0.1) is 18.8 Å². The van der Waals surface area contributed by atoms with Gasteiger partial charge in [0.25, 0.3) is 5.91 Å². The van der Waals surface area contributed by atoms with E-state index in [-0.39, 0.29) is 17.6 Å². The molecule has 0 radical (unpaired) electrons. The molecule has 1 amide bonds. The van der Waals surface area contributed by atoms with E-state index in [2.05, 4.69) is 5.32 Å². The SMILES string of the molecule is COc1ccc(F)cc1C(=O)NCc1ccc(OC[C@@H]2CCCO2)cc1. The number of nitrogens with one attached hydrogen (secondary N) is 1. The van der Waals surface area contributed by atoms with Crippen molar-refractivity contribution in [3.8, 4) is 11.5 Å². The average Bonchev–Trinajstić information content (AvgIpc) is 3.19. The van der Waals surface area contributed by atoms with Gasteiger partial charge >= 0.3 is 0 Å². The third kappa shape index (κ3) is 4.73. The maximum absolute atomic E-state index is 13.4. The van der Waals surface area contributed by atoms with Crippen molar-refractivity contribution in [2.45, 2.75) is 25.5 Å². The Balaban J connectivity index is 1.52. The molecule has 1 N–H and O–H groups in total. The van der Waals surface area contributed by atoms with Crippen molar-refractivity contribution in [3.63, 3.8) is 0 Å². The molecular formula is C20H22FNO4. The molecule has 0 spiro atoms. The number of carbonyl (C=O) groups excluding carboxylic acids is 1. The number of rotatable bonds is 7. The zero-order valence-corrected chi connectivity index (χ0v) is 14.7. The number of amides is 1. The van der Waals surface area contributed by atoms with Crippen LogP contribution in [0.4, 0.5) is 4.39 Å². The molecule has 1 heterocycles. The predicted octanol–water partition coefficient (Wildman–Crippen LogP) is 3.32. The summed E-state index contributed by atoms with van der Waals surface area (Å²) in [5, 5.41) is 2.77. The molecule has 0 aliphatic carbocycles. The molecule has 2 aromatic carbocycles. The van der Waals surface area contributed by atoms with Gasteiger partial charge in [-0.25, -0.2) is 4.39 Å². The summed E-state index contributed by atoms with van der Waals surface area (Å²) >= 11 is 0. The number of benzene rings is 2. The Bertz CT molecular complexity index is 742. The van der Waals surface area contributed by atoms with Crippen LogP contribution in [0.2, 0.25) is 0 Å². The molecular weight excluding hydrogens is 337 g/mol. The highest BCUT2D eigenvalue weighted by Gasteiger charge is 2.16. The number of hydrogen-bond acceptors (Lipinski definition) is 4. The summed E-state index contributed by atoms with van der Waals surface area (Å²) in [5.74, 6) is 0.230. The van der Waals surface area contributed by atoms with Gasteiger partial charge in [-0.3, -0.25) is 4.79 Å². The largest absolute Gasteiger partial charge is 0.496 e. The Morgan fingerprint density at radius 3 is 2.77 bits per heavy atom. The Labute approximate surface area is 152 Å². The van der Waals surface area contributed by atoms with E-state index in [4.69, 9.17) is 14.2 Å². The third-order valence-electron chi connectivity index (χ3n) is 4.24. The first-order valence-corrected chi connectivity index (χ1v) is 8.61. The topological polar surface area (TPSA) is 56.8 Å². The van der Waals surface area contributed by atoms with Crippen LogP contribution >= 0.6 is 0 Å². The first-order chi connectivity index (χ1) is 12.7. The van der Waals surface area contributed by atoms with E-state index in [9.17, 15) is 9.18 Å². The van der Waals surface area contributed by atoms with Crippen LogP contribution in [0.1, 0.15) is 28.8 Å². The van der Waals surface area contributed by atoms with Gasteiger partial charge in [0.15, 0.2) is 0 Å². The Kier molecular flexibility index (Phi) is 6.07. The lowest BCUT2D eigenvalue weighted by Crippen LogP contribution is -2.23. The summed E-state index contributed by atoms with van der Waals surface area (Å²) in [6, 6.07) is 11.3. The molecule has 1 aliphatic rings. The Morgan fingerprint density at radius 2 is 2.08 bits per heavy atom. The van der Waals surface area contributed by atoms with Crippen LogP contribution in [0.25, 0.3) is 0 Å². The van der Waals surface area contributed by atoms with E-state index in [0.717, 1.165) is 36.8 Å². The van der Waals surface area contributed by atoms with E-state index in [1.54, 1.807) is 0 Å². The molecule has 0 bridgehead atoms. The summed E-state index contributed by atoms with van der Waals surface area (Å²) in [6.45, 7) is 1.68. The van der Waals surface area contributed by atoms with Crippen LogP contribution < -0.4 is 14.8 Å². The number of ether oxygens (including phenoxy) is 3. The second-order valence-electron chi connectivity index (χ2n) is 6.12. The monoisotopic (exact) mass is 359 g/mol. The molecule has 1 fully saturated rings. The van der Waals surface area contributed by atoms with Gasteiger partial charge in [0, 0.05) is 13.2 Å². The highest BCUT2D eigenvalue weighted by molar-refractivity contribution is 5.96. The number of methoxy groups -OCH3 is 1. The minimum absolute atomic E-state index is 0.170. The molecule has 0 saturated carbocycles. The van der Waals surface area contributed by atoms with Crippen molar-refractivity contribution < 1.29 is 23.4 Å². The fourth-order valence-electron chi connectivity index (χ4n) is 2.80. The normalized spacial score (nSPS) is 16.3. The second-order valence-corrected chi connectivity index (χ2v) is 6.12. The number of hydrogen-bond donors (Lipinski definition) is 1. The van der Waals surface area contributed by atoms with E-state index < -0.39 is 5.82 Å². The fraction of sp³-hybridized carbons (Fsp3) is 0.350. The maximum atomic E-state index is 13.4. The molecule has 6 heteroatoms. The van der Waals surface area contributed by atoms with Gasteiger partial charge in [-0.1, -0.05) is 12.1 Å².